The van der Waals surface area contributed by atoms with Gasteiger partial charge in [-0.15, -0.1) is 0 Å². The number of aryl methyl sites for hydroxylation is 2. The molecule has 1 aromatic heterocycles. The van der Waals surface area contributed by atoms with E-state index in [1.807, 2.05) is 32.0 Å². The molecular formula is C12H13N3O. The minimum Gasteiger partial charge on any atom is -0.319 e. The largest absolute Gasteiger partial charge is 0.319 e. The van der Waals surface area contributed by atoms with Crippen molar-refractivity contribution in [2.24, 2.45) is 0 Å². The second-order valence-electron chi connectivity index (χ2n) is 3.63. The van der Waals surface area contributed by atoms with Crippen LogP contribution < -0.4 is 5.32 Å². The Morgan fingerprint density at radius 3 is 2.50 bits per heavy atom. The first-order valence-corrected chi connectivity index (χ1v) is 5.06. The van der Waals surface area contributed by atoms with E-state index in [4.69, 9.17) is 0 Å². The number of hydrogen-bond donors (Lipinski definition) is 2. The van der Waals surface area contributed by atoms with Gasteiger partial charge in [0.1, 0.15) is 0 Å². The van der Waals surface area contributed by atoms with Crippen molar-refractivity contribution in [3.8, 4) is 0 Å². The summed E-state index contributed by atoms with van der Waals surface area (Å²) >= 11 is 0. The molecule has 0 unspecified atom stereocenters. The van der Waals surface area contributed by atoms with Crippen LogP contribution >= 0.6 is 0 Å². The highest BCUT2D eigenvalue weighted by molar-refractivity contribution is 6.04. The van der Waals surface area contributed by atoms with Crippen molar-refractivity contribution < 1.29 is 4.79 Å². The number of nitrogens with one attached hydrogen (secondary N) is 2. The first kappa shape index (κ1) is 10.4. The number of nitrogens with zero attached hydrogens (tertiary/aromatic N) is 1. The van der Waals surface area contributed by atoms with Gasteiger partial charge in [0.2, 0.25) is 0 Å². The molecule has 0 aliphatic carbocycles. The number of aromatic nitrogens is 2. The van der Waals surface area contributed by atoms with Gasteiger partial charge < -0.3 is 5.32 Å². The van der Waals surface area contributed by atoms with Gasteiger partial charge in [0.05, 0.1) is 17.1 Å². The molecule has 1 heterocycles. The lowest BCUT2D eigenvalue weighted by atomic mass is 10.2. The highest BCUT2D eigenvalue weighted by atomic mass is 16.1. The van der Waals surface area contributed by atoms with Crippen LogP contribution in [-0.4, -0.2) is 16.1 Å². The Kier molecular flexibility index (Phi) is 2.72. The van der Waals surface area contributed by atoms with Gasteiger partial charge in [-0.2, -0.15) is 5.10 Å². The fourth-order valence-electron chi connectivity index (χ4n) is 1.51. The summed E-state index contributed by atoms with van der Waals surface area (Å²) in [4.78, 5) is 11.9. The van der Waals surface area contributed by atoms with Crippen molar-refractivity contribution in [3.05, 3.63) is 47.3 Å². The summed E-state index contributed by atoms with van der Waals surface area (Å²) < 4.78 is 0. The molecule has 2 aromatic rings. The normalized spacial score (nSPS) is 10.1. The number of aromatic amines is 1. The second-order valence-corrected chi connectivity index (χ2v) is 3.63. The molecule has 2 N–H and O–H groups in total. The molecule has 4 heteroatoms. The monoisotopic (exact) mass is 215 g/mol. The molecule has 82 valence electrons. The van der Waals surface area contributed by atoms with E-state index in [-0.39, 0.29) is 5.91 Å². The Labute approximate surface area is 93.7 Å². The highest BCUT2D eigenvalue weighted by Gasteiger charge is 2.10. The quantitative estimate of drug-likeness (QED) is 0.807. The number of H-pyrrole nitrogens is 1. The third kappa shape index (κ3) is 1.95. The average molecular weight is 215 g/mol. The average Bonchev–Trinajstić information content (AvgIpc) is 2.62. The van der Waals surface area contributed by atoms with E-state index >= 15 is 0 Å². The molecule has 0 saturated heterocycles. The second kappa shape index (κ2) is 4.18. The molecule has 4 nitrogen and oxygen atoms in total. The Morgan fingerprint density at radius 1 is 1.25 bits per heavy atom. The minimum absolute atomic E-state index is 0.117. The Bertz CT molecular complexity index is 483. The number of amides is 1. The number of rotatable bonds is 2. The van der Waals surface area contributed by atoms with Crippen LogP contribution in [0.15, 0.2) is 30.3 Å². The maximum atomic E-state index is 11.9. The zero-order valence-electron chi connectivity index (χ0n) is 9.24. The van der Waals surface area contributed by atoms with Crippen LogP contribution in [0.4, 0.5) is 5.69 Å². The minimum atomic E-state index is -0.117. The van der Waals surface area contributed by atoms with Gasteiger partial charge in [-0.05, 0) is 26.0 Å². The fourth-order valence-corrected chi connectivity index (χ4v) is 1.51. The predicted octanol–water partition coefficient (Wildman–Crippen LogP) is 2.28. The maximum Gasteiger partial charge on any atom is 0.255 e. The van der Waals surface area contributed by atoms with Crippen molar-refractivity contribution >= 4 is 11.6 Å². The number of carbonyl (C=O) groups is 1. The SMILES string of the molecule is Cc1n[nH]c(C)c1NC(=O)c1ccccc1. The lowest BCUT2D eigenvalue weighted by molar-refractivity contribution is 0.102. The van der Waals surface area contributed by atoms with E-state index < -0.39 is 0 Å². The molecule has 0 spiro atoms. The summed E-state index contributed by atoms with van der Waals surface area (Å²) in [5.41, 5.74) is 3.06. The summed E-state index contributed by atoms with van der Waals surface area (Å²) in [6.45, 7) is 3.73. The van der Waals surface area contributed by atoms with Crippen molar-refractivity contribution in [1.82, 2.24) is 10.2 Å². The van der Waals surface area contributed by atoms with E-state index in [0.717, 1.165) is 17.1 Å². The van der Waals surface area contributed by atoms with E-state index in [2.05, 4.69) is 15.5 Å². The van der Waals surface area contributed by atoms with Gasteiger partial charge in [-0.25, -0.2) is 0 Å². The molecule has 0 fully saturated rings. The van der Waals surface area contributed by atoms with Crippen molar-refractivity contribution in [3.63, 3.8) is 0 Å². The van der Waals surface area contributed by atoms with E-state index in [1.165, 1.54) is 0 Å². The van der Waals surface area contributed by atoms with Crippen LogP contribution in [0.5, 0.6) is 0 Å². The topological polar surface area (TPSA) is 57.8 Å². The summed E-state index contributed by atoms with van der Waals surface area (Å²) in [6, 6.07) is 9.11. The molecule has 0 atom stereocenters. The van der Waals surface area contributed by atoms with Gasteiger partial charge in [0.25, 0.3) is 5.91 Å². The Hall–Kier alpha value is -2.10. The van der Waals surface area contributed by atoms with Gasteiger partial charge in [0.15, 0.2) is 0 Å². The third-order valence-corrected chi connectivity index (χ3v) is 2.40. The van der Waals surface area contributed by atoms with Crippen molar-refractivity contribution in [2.45, 2.75) is 13.8 Å². The first-order chi connectivity index (χ1) is 7.68. The van der Waals surface area contributed by atoms with Crippen LogP contribution in [-0.2, 0) is 0 Å². The molecule has 2 rings (SSSR count). The zero-order valence-corrected chi connectivity index (χ0v) is 9.24. The smallest absolute Gasteiger partial charge is 0.255 e. The number of anilines is 1. The summed E-state index contributed by atoms with van der Waals surface area (Å²) in [5.74, 6) is -0.117. The van der Waals surface area contributed by atoms with Crippen LogP contribution in [0.3, 0.4) is 0 Å². The predicted molar refractivity (Wildman–Crippen MR) is 62.5 cm³/mol. The molecule has 0 saturated carbocycles. The van der Waals surface area contributed by atoms with Crippen molar-refractivity contribution in [1.29, 1.82) is 0 Å². The Morgan fingerprint density at radius 2 is 1.94 bits per heavy atom. The molecule has 16 heavy (non-hydrogen) atoms. The van der Waals surface area contributed by atoms with E-state index in [9.17, 15) is 4.79 Å². The van der Waals surface area contributed by atoms with Crippen LogP contribution in [0.2, 0.25) is 0 Å². The molecule has 1 amide bonds. The van der Waals surface area contributed by atoms with Crippen LogP contribution in [0.25, 0.3) is 0 Å². The van der Waals surface area contributed by atoms with Crippen LogP contribution in [0.1, 0.15) is 21.7 Å². The summed E-state index contributed by atoms with van der Waals surface area (Å²) in [6.07, 6.45) is 0. The van der Waals surface area contributed by atoms with Gasteiger partial charge in [-0.3, -0.25) is 9.89 Å². The molecule has 0 aliphatic rings. The zero-order chi connectivity index (χ0) is 11.5. The van der Waals surface area contributed by atoms with E-state index in [0.29, 0.717) is 5.56 Å². The molecular weight excluding hydrogens is 202 g/mol. The molecule has 1 aromatic carbocycles. The fraction of sp³-hybridized carbons (Fsp3) is 0.167. The summed E-state index contributed by atoms with van der Waals surface area (Å²) in [5, 5.41) is 9.69. The van der Waals surface area contributed by atoms with E-state index in [1.54, 1.807) is 12.1 Å². The van der Waals surface area contributed by atoms with Crippen molar-refractivity contribution in [2.75, 3.05) is 5.32 Å². The maximum absolute atomic E-state index is 11.9. The standard InChI is InChI=1S/C12H13N3O/c1-8-11(9(2)15-14-8)13-12(16)10-6-4-3-5-7-10/h3-7H,1-2H3,(H,13,16)(H,14,15). The molecule has 0 radical (unpaired) electrons. The lowest BCUT2D eigenvalue weighted by Gasteiger charge is -2.04. The van der Waals surface area contributed by atoms with Gasteiger partial charge in [-0.1, -0.05) is 18.2 Å². The number of hydrogen-bond acceptors (Lipinski definition) is 2. The number of carbonyl (C=O) groups excluding carboxylic acids is 1. The third-order valence-electron chi connectivity index (χ3n) is 2.40. The van der Waals surface area contributed by atoms with Gasteiger partial charge in [0, 0.05) is 5.56 Å². The lowest BCUT2D eigenvalue weighted by Crippen LogP contribution is -2.12. The van der Waals surface area contributed by atoms with Gasteiger partial charge >= 0.3 is 0 Å². The van der Waals surface area contributed by atoms with Crippen LogP contribution in [0, 0.1) is 13.8 Å². The Balaban J connectivity index is 2.21. The molecule has 0 aliphatic heterocycles. The summed E-state index contributed by atoms with van der Waals surface area (Å²) in [7, 11) is 0. The molecule has 0 bridgehead atoms. The number of benzene rings is 1. The first-order valence-electron chi connectivity index (χ1n) is 5.06. The highest BCUT2D eigenvalue weighted by Crippen LogP contribution is 2.16.